The highest BCUT2D eigenvalue weighted by atomic mass is 32.9. The second-order valence-electron chi connectivity index (χ2n) is 3.05. The molecule has 0 spiro atoms. The molecule has 0 fully saturated rings. The monoisotopic (exact) mass is 233 g/mol. The van der Waals surface area contributed by atoms with Crippen LogP contribution < -0.4 is 0 Å². The van der Waals surface area contributed by atoms with Crippen LogP contribution in [0.15, 0.2) is 5.16 Å². The van der Waals surface area contributed by atoms with Crippen molar-refractivity contribution in [3.8, 4) is 0 Å². The Bertz CT molecular complexity index is 375. The fourth-order valence-electron chi connectivity index (χ4n) is 0.955. The van der Waals surface area contributed by atoms with Crippen LogP contribution in [0, 0.1) is 16.7 Å². The lowest BCUT2D eigenvalue weighted by atomic mass is 10.1. The zero-order valence-electron chi connectivity index (χ0n) is 7.70. The summed E-state index contributed by atoms with van der Waals surface area (Å²) in [5.74, 6) is 0.226. The van der Waals surface area contributed by atoms with E-state index in [0.717, 1.165) is 20.0 Å². The average molecular weight is 233 g/mol. The van der Waals surface area contributed by atoms with Gasteiger partial charge in [0, 0.05) is 5.92 Å². The van der Waals surface area contributed by atoms with Gasteiger partial charge in [-0.3, -0.25) is 0 Å². The Morgan fingerprint density at radius 2 is 2.08 bits per heavy atom. The number of rotatable bonds is 2. The molecule has 1 N–H and O–H groups in total. The van der Waals surface area contributed by atoms with E-state index in [1.54, 1.807) is 20.7 Å². The first-order valence-corrected chi connectivity index (χ1v) is 6.45. The maximum Gasteiger partial charge on any atom is 0.105 e. The number of nitrogens with zero attached hydrogens (tertiary/aromatic N) is 1. The van der Waals surface area contributed by atoms with Crippen molar-refractivity contribution in [1.82, 2.24) is 0 Å². The van der Waals surface area contributed by atoms with Crippen LogP contribution in [0.1, 0.15) is 24.3 Å². The largest absolute Gasteiger partial charge is 0.411 e. The number of hydrogen-bond acceptors (Lipinski definition) is 5. The Labute approximate surface area is 89.9 Å². The van der Waals surface area contributed by atoms with Crippen molar-refractivity contribution < 1.29 is 5.21 Å². The molecule has 1 heterocycles. The standard InChI is InChI=1S/C8H11NOS3/c1-4(2)6(9-10)7-5(3)8(11)13-12-7/h4,10H,1-3H3/b9-6-. The van der Waals surface area contributed by atoms with Crippen molar-refractivity contribution >= 4 is 38.6 Å². The molecule has 1 aromatic rings. The molecule has 1 aromatic heterocycles. The third kappa shape index (κ3) is 2.15. The number of oxime groups is 1. The normalized spacial score (nSPS) is 12.5. The Balaban J connectivity index is 3.21. The van der Waals surface area contributed by atoms with E-state index in [9.17, 15) is 0 Å². The zero-order valence-corrected chi connectivity index (χ0v) is 10.1. The van der Waals surface area contributed by atoms with Gasteiger partial charge in [0.15, 0.2) is 0 Å². The van der Waals surface area contributed by atoms with E-state index < -0.39 is 0 Å². The third-order valence-corrected chi connectivity index (χ3v) is 5.08. The SMILES string of the molecule is Cc1c(/C(=N\O)C(C)C)ssc1=S. The summed E-state index contributed by atoms with van der Waals surface area (Å²) in [5, 5.41) is 12.2. The van der Waals surface area contributed by atoms with Gasteiger partial charge in [0.2, 0.25) is 0 Å². The molecule has 0 aliphatic rings. The molecule has 0 saturated heterocycles. The first-order chi connectivity index (χ1) is 6.07. The zero-order chi connectivity index (χ0) is 10.0. The molecule has 72 valence electrons. The van der Waals surface area contributed by atoms with E-state index in [1.165, 1.54) is 0 Å². The van der Waals surface area contributed by atoms with Crippen LogP contribution >= 0.6 is 32.9 Å². The van der Waals surface area contributed by atoms with Gasteiger partial charge in [-0.2, -0.15) is 0 Å². The van der Waals surface area contributed by atoms with Crippen LogP contribution in [-0.2, 0) is 0 Å². The molecule has 13 heavy (non-hydrogen) atoms. The summed E-state index contributed by atoms with van der Waals surface area (Å²) in [7, 11) is 3.14. The molecule has 5 heteroatoms. The van der Waals surface area contributed by atoms with Crippen molar-refractivity contribution in [3.05, 3.63) is 14.3 Å². The van der Waals surface area contributed by atoms with Gasteiger partial charge in [0.25, 0.3) is 0 Å². The molecular weight excluding hydrogens is 222 g/mol. The van der Waals surface area contributed by atoms with Crippen LogP contribution in [0.2, 0.25) is 0 Å². The summed E-state index contributed by atoms with van der Waals surface area (Å²) < 4.78 is 0.891. The van der Waals surface area contributed by atoms with E-state index in [4.69, 9.17) is 17.4 Å². The minimum absolute atomic E-state index is 0.226. The van der Waals surface area contributed by atoms with Gasteiger partial charge in [0.1, 0.15) is 9.54 Å². The lowest BCUT2D eigenvalue weighted by Crippen LogP contribution is -2.08. The average Bonchev–Trinajstić information content (AvgIpc) is 2.37. The molecule has 1 rings (SSSR count). The Morgan fingerprint density at radius 3 is 2.38 bits per heavy atom. The minimum Gasteiger partial charge on any atom is -0.411 e. The van der Waals surface area contributed by atoms with E-state index in [-0.39, 0.29) is 5.92 Å². The van der Waals surface area contributed by atoms with Gasteiger partial charge in [-0.1, -0.05) is 51.9 Å². The second-order valence-corrected chi connectivity index (χ2v) is 5.86. The van der Waals surface area contributed by atoms with Crippen LogP contribution in [0.5, 0.6) is 0 Å². The van der Waals surface area contributed by atoms with Gasteiger partial charge >= 0.3 is 0 Å². The van der Waals surface area contributed by atoms with E-state index in [2.05, 4.69) is 5.16 Å². The quantitative estimate of drug-likeness (QED) is 0.278. The highest BCUT2D eigenvalue weighted by Crippen LogP contribution is 2.26. The fourth-order valence-corrected chi connectivity index (χ4v) is 3.95. The van der Waals surface area contributed by atoms with Gasteiger partial charge < -0.3 is 5.21 Å². The second kappa shape index (κ2) is 4.30. The maximum atomic E-state index is 8.85. The van der Waals surface area contributed by atoms with E-state index in [1.807, 2.05) is 20.8 Å². The Kier molecular flexibility index (Phi) is 3.58. The molecule has 0 aliphatic carbocycles. The molecule has 0 unspecified atom stereocenters. The van der Waals surface area contributed by atoms with Gasteiger partial charge in [-0.05, 0) is 12.5 Å². The summed E-state index contributed by atoms with van der Waals surface area (Å²) >= 11 is 5.12. The predicted molar refractivity (Wildman–Crippen MR) is 60.9 cm³/mol. The van der Waals surface area contributed by atoms with Gasteiger partial charge in [-0.25, -0.2) is 0 Å². The fraction of sp³-hybridized carbons (Fsp3) is 0.500. The third-order valence-electron chi connectivity index (χ3n) is 1.73. The summed E-state index contributed by atoms with van der Waals surface area (Å²) in [6.45, 7) is 5.97. The summed E-state index contributed by atoms with van der Waals surface area (Å²) in [6.07, 6.45) is 0. The molecule has 0 atom stereocenters. The van der Waals surface area contributed by atoms with Crippen LogP contribution in [-0.4, -0.2) is 10.9 Å². The molecule has 0 aromatic carbocycles. The molecule has 0 amide bonds. The lowest BCUT2D eigenvalue weighted by molar-refractivity contribution is 0.316. The van der Waals surface area contributed by atoms with E-state index >= 15 is 0 Å². The van der Waals surface area contributed by atoms with Crippen molar-refractivity contribution in [1.29, 1.82) is 0 Å². The molecule has 0 saturated carbocycles. The van der Waals surface area contributed by atoms with Gasteiger partial charge in [-0.15, -0.1) is 0 Å². The first kappa shape index (κ1) is 10.8. The van der Waals surface area contributed by atoms with Crippen LogP contribution in [0.4, 0.5) is 0 Å². The molecule has 0 radical (unpaired) electrons. The molecule has 2 nitrogen and oxygen atoms in total. The van der Waals surface area contributed by atoms with Crippen molar-refractivity contribution in [2.24, 2.45) is 11.1 Å². The molecular formula is C8H11NOS3. The van der Waals surface area contributed by atoms with Crippen molar-refractivity contribution in [2.75, 3.05) is 0 Å². The highest BCUT2D eigenvalue weighted by Gasteiger charge is 2.14. The highest BCUT2D eigenvalue weighted by molar-refractivity contribution is 7.79. The minimum atomic E-state index is 0.226. The Hall–Kier alpha value is -0.260. The first-order valence-electron chi connectivity index (χ1n) is 3.90. The summed E-state index contributed by atoms with van der Waals surface area (Å²) in [5.41, 5.74) is 1.79. The lowest BCUT2D eigenvalue weighted by Gasteiger charge is -2.05. The summed E-state index contributed by atoms with van der Waals surface area (Å²) in [6, 6.07) is 0. The maximum absolute atomic E-state index is 8.85. The molecule has 0 bridgehead atoms. The van der Waals surface area contributed by atoms with Crippen LogP contribution in [0.25, 0.3) is 0 Å². The smallest absolute Gasteiger partial charge is 0.105 e. The number of hydrogen-bond donors (Lipinski definition) is 1. The van der Waals surface area contributed by atoms with E-state index in [0.29, 0.717) is 0 Å². The van der Waals surface area contributed by atoms with Crippen LogP contribution in [0.3, 0.4) is 0 Å². The van der Waals surface area contributed by atoms with Crippen molar-refractivity contribution in [3.63, 3.8) is 0 Å². The topological polar surface area (TPSA) is 32.6 Å². The van der Waals surface area contributed by atoms with Gasteiger partial charge in [0.05, 0.1) is 4.88 Å². The molecule has 0 aliphatic heterocycles. The summed E-state index contributed by atoms with van der Waals surface area (Å²) in [4.78, 5) is 1.02. The predicted octanol–water partition coefficient (Wildman–Crippen LogP) is 3.68. The Morgan fingerprint density at radius 1 is 1.46 bits per heavy atom. The van der Waals surface area contributed by atoms with Crippen molar-refractivity contribution in [2.45, 2.75) is 20.8 Å².